The Morgan fingerprint density at radius 1 is 1.00 bits per heavy atom. The van der Waals surface area contributed by atoms with Crippen molar-refractivity contribution in [3.8, 4) is 0 Å². The van der Waals surface area contributed by atoms with Gasteiger partial charge in [-0.25, -0.2) is 9.78 Å². The molecule has 2 heterocycles. The summed E-state index contributed by atoms with van der Waals surface area (Å²) in [6.07, 6.45) is 1.61. The summed E-state index contributed by atoms with van der Waals surface area (Å²) >= 11 is 1.16. The van der Waals surface area contributed by atoms with E-state index in [4.69, 9.17) is 5.73 Å². The number of thioether (sulfide) groups is 1. The fourth-order valence-corrected chi connectivity index (χ4v) is 4.39. The lowest BCUT2D eigenvalue weighted by molar-refractivity contribution is 0.0991. The van der Waals surface area contributed by atoms with E-state index in [-0.39, 0.29) is 32.8 Å². The maximum atomic E-state index is 13.3. The number of pyridine rings is 1. The van der Waals surface area contributed by atoms with Crippen molar-refractivity contribution >= 4 is 40.0 Å². The minimum absolute atomic E-state index is 0.0136. The molecule has 0 saturated carbocycles. The van der Waals surface area contributed by atoms with Gasteiger partial charge in [0, 0.05) is 30.8 Å². The number of aryl methyl sites for hydroxylation is 2. The zero-order valence-electron chi connectivity index (χ0n) is 16.6. The summed E-state index contributed by atoms with van der Waals surface area (Å²) in [7, 11) is 2.81. The molecule has 8 nitrogen and oxygen atoms in total. The van der Waals surface area contributed by atoms with E-state index in [0.29, 0.717) is 17.8 Å². The van der Waals surface area contributed by atoms with Crippen LogP contribution in [0.5, 0.6) is 0 Å². The molecule has 2 N–H and O–H groups in total. The minimum atomic E-state index is -0.649. The van der Waals surface area contributed by atoms with Crippen LogP contribution in [0, 0.1) is 0 Å². The number of ketones is 2. The predicted molar refractivity (Wildman–Crippen MR) is 115 cm³/mol. The Morgan fingerprint density at radius 2 is 1.67 bits per heavy atom. The van der Waals surface area contributed by atoms with Gasteiger partial charge in [0.15, 0.2) is 5.78 Å². The van der Waals surface area contributed by atoms with Crippen LogP contribution >= 0.6 is 11.8 Å². The molecular weight excluding hydrogens is 404 g/mol. The lowest BCUT2D eigenvalue weighted by Gasteiger charge is -2.20. The molecule has 0 unspecified atom stereocenters. The molecule has 2 aromatic heterocycles. The summed E-state index contributed by atoms with van der Waals surface area (Å²) in [5, 5.41) is -0.0158. The summed E-state index contributed by atoms with van der Waals surface area (Å²) in [5.41, 5.74) is 5.72. The molecule has 9 heteroatoms. The first-order valence-electron chi connectivity index (χ1n) is 9.21. The van der Waals surface area contributed by atoms with Gasteiger partial charge in [-0.1, -0.05) is 18.7 Å². The first-order chi connectivity index (χ1) is 14.2. The van der Waals surface area contributed by atoms with Crippen LogP contribution < -0.4 is 17.0 Å². The van der Waals surface area contributed by atoms with Crippen LogP contribution in [0.4, 0.5) is 5.69 Å². The van der Waals surface area contributed by atoms with Gasteiger partial charge in [0.2, 0.25) is 5.78 Å². The lowest BCUT2D eigenvalue weighted by Crippen LogP contribution is -2.39. The Kier molecular flexibility index (Phi) is 4.70. The van der Waals surface area contributed by atoms with E-state index in [2.05, 4.69) is 4.98 Å². The van der Waals surface area contributed by atoms with Crippen LogP contribution in [0.1, 0.15) is 33.3 Å². The number of fused-ring (bicyclic) bond motifs is 3. The zero-order chi connectivity index (χ0) is 21.7. The minimum Gasteiger partial charge on any atom is -0.399 e. The molecule has 0 aliphatic heterocycles. The number of Topliss-reactive ketones (excluding diaryl/α,β-unsaturated/α-hetero) is 1. The Balaban J connectivity index is 1.99. The summed E-state index contributed by atoms with van der Waals surface area (Å²) in [4.78, 5) is 57.0. The lowest BCUT2D eigenvalue weighted by atomic mass is 9.90. The highest BCUT2D eigenvalue weighted by molar-refractivity contribution is 8.04. The van der Waals surface area contributed by atoms with Crippen LogP contribution in [0.3, 0.4) is 0 Å². The van der Waals surface area contributed by atoms with Gasteiger partial charge in [-0.3, -0.25) is 23.5 Å². The molecule has 30 heavy (non-hydrogen) atoms. The molecule has 3 aromatic rings. The fourth-order valence-electron chi connectivity index (χ4n) is 3.50. The average Bonchev–Trinajstić information content (AvgIpc) is 2.74. The third kappa shape index (κ3) is 2.89. The number of nitrogen functional groups attached to an aromatic ring is 1. The first kappa shape index (κ1) is 19.8. The third-order valence-electron chi connectivity index (χ3n) is 5.07. The second kappa shape index (κ2) is 7.10. The zero-order valence-corrected chi connectivity index (χ0v) is 17.4. The molecule has 152 valence electrons. The Bertz CT molecular complexity index is 1400. The van der Waals surface area contributed by atoms with Crippen molar-refractivity contribution in [1.29, 1.82) is 0 Å². The number of carbonyl (C=O) groups excluding carboxylic acids is 2. The molecule has 1 aliphatic rings. The smallest absolute Gasteiger partial charge is 0.332 e. The molecule has 0 bridgehead atoms. The van der Waals surface area contributed by atoms with E-state index in [1.54, 1.807) is 31.2 Å². The Labute approximate surface area is 175 Å². The molecular formula is C21H18N4O4S. The van der Waals surface area contributed by atoms with Gasteiger partial charge in [-0.15, -0.1) is 0 Å². The van der Waals surface area contributed by atoms with Crippen molar-refractivity contribution in [1.82, 2.24) is 14.1 Å². The van der Waals surface area contributed by atoms with Crippen molar-refractivity contribution in [3.05, 3.63) is 72.9 Å². The number of hydrogen-bond donors (Lipinski definition) is 1. The monoisotopic (exact) mass is 422 g/mol. The highest BCUT2D eigenvalue weighted by Crippen LogP contribution is 2.36. The van der Waals surface area contributed by atoms with Crippen molar-refractivity contribution in [2.24, 2.45) is 14.1 Å². The van der Waals surface area contributed by atoms with Crippen molar-refractivity contribution < 1.29 is 9.59 Å². The van der Waals surface area contributed by atoms with Crippen LogP contribution in [0.15, 0.2) is 49.7 Å². The van der Waals surface area contributed by atoms with Gasteiger partial charge in [-0.05, 0) is 30.7 Å². The molecule has 0 radical (unpaired) electrons. The molecule has 0 saturated heterocycles. The highest BCUT2D eigenvalue weighted by atomic mass is 32.2. The first-order valence-corrected chi connectivity index (χ1v) is 10.0. The number of nitrogens with zero attached hydrogens (tertiary/aromatic N) is 3. The van der Waals surface area contributed by atoms with Gasteiger partial charge in [0.25, 0.3) is 5.56 Å². The Hall–Kier alpha value is -3.46. The van der Waals surface area contributed by atoms with Gasteiger partial charge in [0.05, 0.1) is 27.1 Å². The molecule has 1 aromatic carbocycles. The van der Waals surface area contributed by atoms with E-state index in [1.165, 1.54) is 24.7 Å². The summed E-state index contributed by atoms with van der Waals surface area (Å²) in [6.45, 7) is 1.80. The molecule has 0 fully saturated rings. The van der Waals surface area contributed by atoms with E-state index in [1.807, 2.05) is 0 Å². The molecule has 4 rings (SSSR count). The molecule has 0 spiro atoms. The number of rotatable bonds is 3. The second-order valence-electron chi connectivity index (χ2n) is 6.94. The number of benzene rings is 1. The quantitative estimate of drug-likeness (QED) is 0.640. The van der Waals surface area contributed by atoms with E-state index < -0.39 is 17.0 Å². The van der Waals surface area contributed by atoms with Crippen molar-refractivity contribution in [2.75, 3.05) is 5.73 Å². The summed E-state index contributed by atoms with van der Waals surface area (Å²) < 4.78 is 2.13. The molecule has 0 atom stereocenters. The molecule has 0 amide bonds. The number of nitrogens with two attached hydrogens (primary N) is 1. The average molecular weight is 422 g/mol. The number of anilines is 1. The highest BCUT2D eigenvalue weighted by Gasteiger charge is 2.33. The van der Waals surface area contributed by atoms with E-state index >= 15 is 0 Å². The maximum Gasteiger partial charge on any atom is 0.332 e. The van der Waals surface area contributed by atoms with E-state index in [0.717, 1.165) is 21.2 Å². The number of carbonyl (C=O) groups is 2. The van der Waals surface area contributed by atoms with Gasteiger partial charge < -0.3 is 5.73 Å². The summed E-state index contributed by atoms with van der Waals surface area (Å²) in [6, 6.07) is 6.95. The standard InChI is InChI=1S/C21H18N4O4S/c1-4-12-15-16(17-19(23-12)24(2)21(29)25(3)20(17)28)13(26)9-14(18(15)27)30-11-7-5-10(22)6-8-11/h5-9H,4,22H2,1-3H3. The number of allylic oxidation sites excluding steroid dienone is 2. The van der Waals surface area contributed by atoms with Gasteiger partial charge >= 0.3 is 5.69 Å². The van der Waals surface area contributed by atoms with Crippen LogP contribution in [-0.4, -0.2) is 25.7 Å². The van der Waals surface area contributed by atoms with Crippen LogP contribution in [0.25, 0.3) is 11.0 Å². The predicted octanol–water partition coefficient (Wildman–Crippen LogP) is 1.83. The van der Waals surface area contributed by atoms with Gasteiger partial charge in [0.1, 0.15) is 5.65 Å². The number of hydrogen-bond acceptors (Lipinski definition) is 7. The second-order valence-corrected chi connectivity index (χ2v) is 8.05. The normalized spacial score (nSPS) is 13.5. The third-order valence-corrected chi connectivity index (χ3v) is 6.10. The largest absolute Gasteiger partial charge is 0.399 e. The topological polar surface area (TPSA) is 117 Å². The maximum absolute atomic E-state index is 13.3. The van der Waals surface area contributed by atoms with Gasteiger partial charge in [-0.2, -0.15) is 0 Å². The molecule has 1 aliphatic carbocycles. The number of aromatic nitrogens is 3. The van der Waals surface area contributed by atoms with E-state index in [9.17, 15) is 19.2 Å². The summed E-state index contributed by atoms with van der Waals surface area (Å²) in [5.74, 6) is -0.825. The SMILES string of the molecule is CCc1nc2c(c3c1C(=O)C(Sc1ccc(N)cc1)=CC3=O)c(=O)n(C)c(=O)n2C. The van der Waals surface area contributed by atoms with Crippen LogP contribution in [-0.2, 0) is 20.5 Å². The van der Waals surface area contributed by atoms with Crippen molar-refractivity contribution in [3.63, 3.8) is 0 Å². The van der Waals surface area contributed by atoms with Crippen LogP contribution in [0.2, 0.25) is 0 Å². The Morgan fingerprint density at radius 3 is 2.30 bits per heavy atom. The fraction of sp³-hybridized carbons (Fsp3) is 0.190. The van der Waals surface area contributed by atoms with Crippen molar-refractivity contribution in [2.45, 2.75) is 18.2 Å².